The highest BCUT2D eigenvalue weighted by Gasteiger charge is 2.17. The molecule has 0 spiro atoms. The minimum atomic E-state index is -0.391. The van der Waals surface area contributed by atoms with Gasteiger partial charge in [-0.25, -0.2) is 4.39 Å². The average molecular weight is 346 g/mol. The van der Waals surface area contributed by atoms with Gasteiger partial charge < -0.3 is 0 Å². The van der Waals surface area contributed by atoms with E-state index in [1.165, 1.54) is 18.2 Å². The molecule has 0 aliphatic carbocycles. The van der Waals surface area contributed by atoms with Crippen LogP contribution in [0, 0.1) is 12.7 Å². The van der Waals surface area contributed by atoms with E-state index >= 15 is 0 Å². The van der Waals surface area contributed by atoms with Gasteiger partial charge in [0.25, 0.3) is 0 Å². The van der Waals surface area contributed by atoms with Crippen LogP contribution in [0.5, 0.6) is 0 Å². The summed E-state index contributed by atoms with van der Waals surface area (Å²) in [5.74, 6) is -0.533. The van der Waals surface area contributed by atoms with Crippen LogP contribution in [0.15, 0.2) is 22.7 Å². The van der Waals surface area contributed by atoms with E-state index in [0.717, 1.165) is 0 Å². The molecule has 0 saturated carbocycles. The fraction of sp³-hybridized carbons (Fsp3) is 0.231. The van der Waals surface area contributed by atoms with Gasteiger partial charge >= 0.3 is 0 Å². The second kappa shape index (κ2) is 5.43. The smallest absolute Gasteiger partial charge is 0.169 e. The number of benzene rings is 1. The molecule has 0 radical (unpaired) electrons. The van der Waals surface area contributed by atoms with Crippen LogP contribution in [-0.4, -0.2) is 15.6 Å². The summed E-state index contributed by atoms with van der Waals surface area (Å²) in [6.07, 6.45) is 0.125. The normalized spacial score (nSPS) is 10.8. The Bertz CT molecular complexity index is 654. The molecule has 0 saturated heterocycles. The molecule has 3 nitrogen and oxygen atoms in total. The zero-order valence-electron chi connectivity index (χ0n) is 10.4. The van der Waals surface area contributed by atoms with Gasteiger partial charge in [-0.3, -0.25) is 9.48 Å². The van der Waals surface area contributed by atoms with Gasteiger partial charge in [-0.15, -0.1) is 0 Å². The number of carbonyl (C=O) groups is 1. The van der Waals surface area contributed by atoms with Crippen LogP contribution < -0.4 is 0 Å². The Morgan fingerprint density at radius 2 is 2.21 bits per heavy atom. The van der Waals surface area contributed by atoms with Gasteiger partial charge in [0.2, 0.25) is 0 Å². The van der Waals surface area contributed by atoms with Crippen molar-refractivity contribution in [3.8, 4) is 0 Å². The van der Waals surface area contributed by atoms with E-state index in [0.29, 0.717) is 26.4 Å². The summed E-state index contributed by atoms with van der Waals surface area (Å²) < 4.78 is 15.0. The minimum Gasteiger partial charge on any atom is -0.294 e. The summed E-state index contributed by atoms with van der Waals surface area (Å²) in [5.41, 5.74) is 1.77. The summed E-state index contributed by atoms with van der Waals surface area (Å²) in [4.78, 5) is 12.2. The Morgan fingerprint density at radius 1 is 1.53 bits per heavy atom. The van der Waals surface area contributed by atoms with E-state index in [2.05, 4.69) is 21.0 Å². The van der Waals surface area contributed by atoms with Crippen LogP contribution in [0.25, 0.3) is 0 Å². The van der Waals surface area contributed by atoms with E-state index in [4.69, 9.17) is 11.6 Å². The number of carbonyl (C=O) groups excluding carboxylic acids is 1. The molecule has 0 unspecified atom stereocenters. The van der Waals surface area contributed by atoms with Crippen LogP contribution in [0.2, 0.25) is 5.02 Å². The van der Waals surface area contributed by atoms with Gasteiger partial charge in [0.05, 0.1) is 22.8 Å². The standard InChI is InChI=1S/C13H11BrClFN2O/c1-7-13(15)11(18(2)17-7)6-12(19)9-4-3-8(16)5-10(9)14/h3-5H,6H2,1-2H3. The Balaban J connectivity index is 2.31. The first-order chi connectivity index (χ1) is 8.90. The molecule has 0 amide bonds. The van der Waals surface area contributed by atoms with Crippen molar-refractivity contribution in [1.29, 1.82) is 0 Å². The van der Waals surface area contributed by atoms with Gasteiger partial charge in [0.15, 0.2) is 5.78 Å². The van der Waals surface area contributed by atoms with Crippen molar-refractivity contribution in [3.05, 3.63) is 50.5 Å². The van der Waals surface area contributed by atoms with Crippen LogP contribution in [-0.2, 0) is 13.5 Å². The van der Waals surface area contributed by atoms with E-state index in [-0.39, 0.29) is 12.2 Å². The predicted molar refractivity (Wildman–Crippen MR) is 75.1 cm³/mol. The van der Waals surface area contributed by atoms with E-state index in [9.17, 15) is 9.18 Å². The summed E-state index contributed by atoms with van der Waals surface area (Å²) in [7, 11) is 1.74. The molecule has 1 heterocycles. The molecule has 0 bridgehead atoms. The maximum absolute atomic E-state index is 13.0. The number of aromatic nitrogens is 2. The summed E-state index contributed by atoms with van der Waals surface area (Å²) in [5, 5.41) is 4.65. The lowest BCUT2D eigenvalue weighted by Crippen LogP contribution is -2.09. The van der Waals surface area contributed by atoms with Crippen molar-refractivity contribution in [2.75, 3.05) is 0 Å². The highest BCUT2D eigenvalue weighted by molar-refractivity contribution is 9.10. The topological polar surface area (TPSA) is 34.9 Å². The predicted octanol–water partition coefficient (Wildman–Crippen LogP) is 3.71. The van der Waals surface area contributed by atoms with Crippen LogP contribution >= 0.6 is 27.5 Å². The zero-order valence-corrected chi connectivity index (χ0v) is 12.7. The third kappa shape index (κ3) is 2.87. The summed E-state index contributed by atoms with van der Waals surface area (Å²) in [6.45, 7) is 1.78. The lowest BCUT2D eigenvalue weighted by atomic mass is 10.1. The number of hydrogen-bond acceptors (Lipinski definition) is 2. The van der Waals surface area contributed by atoms with Gasteiger partial charge in [-0.05, 0) is 41.1 Å². The highest BCUT2D eigenvalue weighted by atomic mass is 79.9. The fourth-order valence-corrected chi connectivity index (χ4v) is 2.63. The molecule has 0 N–H and O–H groups in total. The van der Waals surface area contributed by atoms with Crippen LogP contribution in [0.4, 0.5) is 4.39 Å². The third-order valence-corrected chi connectivity index (χ3v) is 3.97. The average Bonchev–Trinajstić information content (AvgIpc) is 2.56. The highest BCUT2D eigenvalue weighted by Crippen LogP contribution is 2.24. The molecule has 0 atom stereocenters. The first-order valence-electron chi connectivity index (χ1n) is 5.56. The van der Waals surface area contributed by atoms with Crippen molar-refractivity contribution in [3.63, 3.8) is 0 Å². The number of rotatable bonds is 3. The lowest BCUT2D eigenvalue weighted by Gasteiger charge is -2.05. The molecule has 6 heteroatoms. The number of aryl methyl sites for hydroxylation is 2. The van der Waals surface area contributed by atoms with E-state index in [1.54, 1.807) is 18.7 Å². The Morgan fingerprint density at radius 3 is 2.74 bits per heavy atom. The SMILES string of the molecule is Cc1nn(C)c(CC(=O)c2ccc(F)cc2Br)c1Cl. The van der Waals surface area contributed by atoms with Crippen molar-refractivity contribution >= 4 is 33.3 Å². The Kier molecular flexibility index (Phi) is 4.06. The minimum absolute atomic E-state index is 0.125. The zero-order chi connectivity index (χ0) is 14.2. The third-order valence-electron chi connectivity index (χ3n) is 2.82. The maximum Gasteiger partial charge on any atom is 0.169 e. The van der Waals surface area contributed by atoms with Crippen LogP contribution in [0.1, 0.15) is 21.7 Å². The number of Topliss-reactive ketones (excluding diaryl/α,β-unsaturated/α-hetero) is 1. The molecule has 19 heavy (non-hydrogen) atoms. The summed E-state index contributed by atoms with van der Waals surface area (Å²) >= 11 is 9.29. The van der Waals surface area contributed by atoms with Gasteiger partial charge in [-0.1, -0.05) is 11.6 Å². The van der Waals surface area contributed by atoms with Crippen molar-refractivity contribution in [1.82, 2.24) is 9.78 Å². The quantitative estimate of drug-likeness (QED) is 0.795. The number of hydrogen-bond donors (Lipinski definition) is 0. The second-order valence-corrected chi connectivity index (χ2v) is 5.43. The largest absolute Gasteiger partial charge is 0.294 e. The van der Waals surface area contributed by atoms with Crippen molar-refractivity contribution in [2.45, 2.75) is 13.3 Å². The monoisotopic (exact) mass is 344 g/mol. The Labute approximate surface area is 123 Å². The van der Waals surface area contributed by atoms with E-state index in [1.807, 2.05) is 0 Å². The molecular weight excluding hydrogens is 335 g/mol. The second-order valence-electron chi connectivity index (χ2n) is 4.19. The van der Waals surface area contributed by atoms with Gasteiger partial charge in [0, 0.05) is 17.1 Å². The molecule has 1 aromatic heterocycles. The van der Waals surface area contributed by atoms with Crippen molar-refractivity contribution < 1.29 is 9.18 Å². The van der Waals surface area contributed by atoms with Gasteiger partial charge in [-0.2, -0.15) is 5.10 Å². The first-order valence-corrected chi connectivity index (χ1v) is 6.73. The Hall–Kier alpha value is -1.20. The van der Waals surface area contributed by atoms with Gasteiger partial charge in [0.1, 0.15) is 5.82 Å². The molecule has 2 rings (SSSR count). The number of halogens is 3. The number of nitrogens with zero attached hydrogens (tertiary/aromatic N) is 2. The lowest BCUT2D eigenvalue weighted by molar-refractivity contribution is 0.0990. The van der Waals surface area contributed by atoms with Crippen LogP contribution in [0.3, 0.4) is 0 Å². The first kappa shape index (κ1) is 14.2. The van der Waals surface area contributed by atoms with E-state index < -0.39 is 5.82 Å². The molecule has 1 aromatic carbocycles. The molecule has 0 fully saturated rings. The maximum atomic E-state index is 13.0. The molecule has 100 valence electrons. The molecule has 0 aliphatic heterocycles. The molecule has 2 aromatic rings. The molecular formula is C13H11BrClFN2O. The number of ketones is 1. The van der Waals surface area contributed by atoms with Crippen molar-refractivity contribution in [2.24, 2.45) is 7.05 Å². The molecule has 0 aliphatic rings. The summed E-state index contributed by atoms with van der Waals surface area (Å²) in [6, 6.07) is 3.98. The fourth-order valence-electron chi connectivity index (χ4n) is 1.84.